The van der Waals surface area contributed by atoms with Crippen molar-refractivity contribution in [3.8, 4) is 5.75 Å². The second-order valence-corrected chi connectivity index (χ2v) is 15.4. The molecule has 0 heterocycles. The van der Waals surface area contributed by atoms with Gasteiger partial charge in [-0.2, -0.15) is 22.0 Å². The second kappa shape index (κ2) is 15.6. The van der Waals surface area contributed by atoms with Crippen molar-refractivity contribution in [3.63, 3.8) is 0 Å². The Morgan fingerprint density at radius 2 is 1.87 bits per heavy atom. The third-order valence-corrected chi connectivity index (χ3v) is 11.9. The number of likely N-dealkylation sites (N-methyl/N-ethyl adjacent to an activating group) is 1. The van der Waals surface area contributed by atoms with Crippen LogP contribution < -0.4 is 10.1 Å². The first-order valence-corrected chi connectivity index (χ1v) is 17.9. The lowest BCUT2D eigenvalue weighted by molar-refractivity contribution is -0.284. The number of aliphatic hydroxyl groups is 1. The average Bonchev–Trinajstić information content (AvgIpc) is 3.30. The Morgan fingerprint density at radius 1 is 1.13 bits per heavy atom. The van der Waals surface area contributed by atoms with Gasteiger partial charge in [-0.25, -0.2) is 4.79 Å². The van der Waals surface area contributed by atoms with Crippen molar-refractivity contribution in [1.29, 1.82) is 0 Å². The number of aliphatic hydroxyl groups excluding tert-OH is 1. The zero-order valence-electron chi connectivity index (χ0n) is 27.1. The van der Waals surface area contributed by atoms with E-state index in [0.717, 1.165) is 44.1 Å². The molecule has 0 aromatic heterocycles. The number of benzene rings is 1. The summed E-state index contributed by atoms with van der Waals surface area (Å²) in [6.45, 7) is 3.72. The van der Waals surface area contributed by atoms with Gasteiger partial charge < -0.3 is 24.8 Å². The molecule has 46 heavy (non-hydrogen) atoms. The normalized spacial score (nSPS) is 28.3. The van der Waals surface area contributed by atoms with Gasteiger partial charge in [-0.1, -0.05) is 13.0 Å². The standard InChI is InChI=1S/C33H49F5N2O5S/c1-31-13-11-26-25-8-7-24(45-30(42)39-14-15-40(2)3)21-23(25)20-22(29(26)27(31)9-10-28(31)44-17-16-41)6-4-18-46(43)19-5-12-32(34,35)33(36,37)38/h7-8,21-22,26-29,41H,4-6,9-20H2,1-3H3,(H,39,42)/t22-,26-,27+,28+,29-,31+,46?/m1/s1. The summed E-state index contributed by atoms with van der Waals surface area (Å²) in [6.07, 6.45) is -1.92. The highest BCUT2D eigenvalue weighted by Crippen LogP contribution is 2.63. The van der Waals surface area contributed by atoms with Crippen molar-refractivity contribution in [2.75, 3.05) is 51.9 Å². The molecule has 0 saturated heterocycles. The Hall–Kier alpha value is -1.83. The Balaban J connectivity index is 1.46. The molecule has 3 aliphatic carbocycles. The molecule has 1 unspecified atom stereocenters. The largest absolute Gasteiger partial charge is 0.453 e. The predicted molar refractivity (Wildman–Crippen MR) is 167 cm³/mol. The molecule has 0 aliphatic heterocycles. The molecular formula is C33H49F5N2O5S. The maximum absolute atomic E-state index is 13.3. The van der Waals surface area contributed by atoms with E-state index in [2.05, 4.69) is 18.3 Å². The molecule has 1 aromatic rings. The number of hydrogen-bond donors (Lipinski definition) is 2. The van der Waals surface area contributed by atoms with E-state index in [-0.39, 0.29) is 35.5 Å². The van der Waals surface area contributed by atoms with Crippen molar-refractivity contribution in [1.82, 2.24) is 10.2 Å². The van der Waals surface area contributed by atoms with E-state index in [0.29, 0.717) is 49.6 Å². The molecule has 3 aliphatic rings. The van der Waals surface area contributed by atoms with E-state index in [4.69, 9.17) is 9.47 Å². The van der Waals surface area contributed by atoms with Gasteiger partial charge in [0.25, 0.3) is 0 Å². The molecule has 4 rings (SSSR count). The van der Waals surface area contributed by atoms with Gasteiger partial charge in [-0.05, 0) is 118 Å². The van der Waals surface area contributed by atoms with E-state index in [1.165, 1.54) is 5.56 Å². The molecule has 262 valence electrons. The fourth-order valence-corrected chi connectivity index (χ4v) is 9.42. The number of amides is 1. The van der Waals surface area contributed by atoms with Crippen LogP contribution in [0.25, 0.3) is 0 Å². The van der Waals surface area contributed by atoms with Crippen LogP contribution in [0, 0.1) is 23.2 Å². The lowest BCUT2D eigenvalue weighted by Crippen LogP contribution is -2.48. The zero-order valence-corrected chi connectivity index (χ0v) is 27.9. The van der Waals surface area contributed by atoms with Crippen LogP contribution in [0.5, 0.6) is 5.75 Å². The minimum atomic E-state index is -5.60. The van der Waals surface area contributed by atoms with Crippen LogP contribution >= 0.6 is 0 Å². The molecule has 2 fully saturated rings. The van der Waals surface area contributed by atoms with E-state index in [1.54, 1.807) is 0 Å². The van der Waals surface area contributed by atoms with Gasteiger partial charge in [0, 0.05) is 41.8 Å². The van der Waals surface area contributed by atoms with Gasteiger partial charge in [0.1, 0.15) is 5.75 Å². The van der Waals surface area contributed by atoms with Crippen molar-refractivity contribution >= 4 is 16.9 Å². The van der Waals surface area contributed by atoms with E-state index in [9.17, 15) is 36.1 Å². The van der Waals surface area contributed by atoms with Crippen LogP contribution in [-0.2, 0) is 22.0 Å². The molecule has 0 radical (unpaired) electrons. The Bertz CT molecular complexity index is 1200. The number of ether oxygens (including phenoxy) is 2. The van der Waals surface area contributed by atoms with Gasteiger partial charge in [-0.3, -0.25) is 4.21 Å². The van der Waals surface area contributed by atoms with Crippen molar-refractivity contribution in [2.24, 2.45) is 23.2 Å². The topological polar surface area (TPSA) is 88.1 Å². The fraction of sp³-hybridized carbons (Fsp3) is 0.788. The van der Waals surface area contributed by atoms with Gasteiger partial charge in [0.05, 0.1) is 19.3 Å². The first-order valence-electron chi connectivity index (χ1n) is 16.4. The number of hydrogen-bond acceptors (Lipinski definition) is 6. The molecule has 7 nitrogen and oxygen atoms in total. The highest BCUT2D eigenvalue weighted by Gasteiger charge is 2.58. The maximum Gasteiger partial charge on any atom is 0.453 e. The summed E-state index contributed by atoms with van der Waals surface area (Å²) in [7, 11) is 2.34. The molecule has 0 bridgehead atoms. The average molecular weight is 681 g/mol. The predicted octanol–water partition coefficient (Wildman–Crippen LogP) is 6.30. The Morgan fingerprint density at radius 3 is 2.57 bits per heavy atom. The molecule has 1 aromatic carbocycles. The van der Waals surface area contributed by atoms with Gasteiger partial charge >= 0.3 is 18.2 Å². The van der Waals surface area contributed by atoms with Crippen LogP contribution in [0.15, 0.2) is 18.2 Å². The minimum Gasteiger partial charge on any atom is -0.410 e. The smallest absolute Gasteiger partial charge is 0.410 e. The van der Waals surface area contributed by atoms with Crippen LogP contribution in [-0.4, -0.2) is 90.4 Å². The highest BCUT2D eigenvalue weighted by molar-refractivity contribution is 7.84. The molecule has 1 amide bonds. The van der Waals surface area contributed by atoms with Crippen LogP contribution in [0.2, 0.25) is 0 Å². The summed E-state index contributed by atoms with van der Waals surface area (Å²) in [5.41, 5.74) is 2.35. The molecule has 13 heteroatoms. The van der Waals surface area contributed by atoms with Crippen LogP contribution in [0.3, 0.4) is 0 Å². The molecule has 2 saturated carbocycles. The first-order chi connectivity index (χ1) is 21.7. The number of carbonyl (C=O) groups excluding carboxylic acids is 1. The van der Waals surface area contributed by atoms with E-state index in [1.807, 2.05) is 31.1 Å². The lowest BCUT2D eigenvalue weighted by atomic mass is 9.52. The number of carbonyl (C=O) groups is 1. The SMILES string of the molecule is CN(C)CCNC(=O)Oc1ccc2c(c1)C[C@@H](CCCS(=O)CCCC(F)(F)C(F)(F)F)[C@@H]1[C@@H]2CC[C@]2(C)[C@@H](OCCO)CC[C@@H]12. The summed E-state index contributed by atoms with van der Waals surface area (Å²) in [5, 5.41) is 12.1. The summed E-state index contributed by atoms with van der Waals surface area (Å²) in [5.74, 6) is -2.99. The summed E-state index contributed by atoms with van der Waals surface area (Å²) in [6, 6.07) is 5.87. The Labute approximate surface area is 271 Å². The van der Waals surface area contributed by atoms with E-state index < -0.39 is 41.8 Å². The van der Waals surface area contributed by atoms with E-state index >= 15 is 0 Å². The molecule has 2 N–H and O–H groups in total. The quantitative estimate of drug-likeness (QED) is 0.212. The molecule has 7 atom stereocenters. The van der Waals surface area contributed by atoms with Crippen molar-refractivity contribution in [2.45, 2.75) is 88.8 Å². The third-order valence-electron chi connectivity index (χ3n) is 10.5. The van der Waals surface area contributed by atoms with Crippen molar-refractivity contribution in [3.05, 3.63) is 29.3 Å². The number of halogens is 5. The Kier molecular flexibility index (Phi) is 12.5. The highest BCUT2D eigenvalue weighted by atomic mass is 32.2. The monoisotopic (exact) mass is 680 g/mol. The number of nitrogens with one attached hydrogen (secondary N) is 1. The van der Waals surface area contributed by atoms with Gasteiger partial charge in [-0.15, -0.1) is 0 Å². The molecule has 0 spiro atoms. The zero-order chi connectivity index (χ0) is 33.7. The minimum absolute atomic E-state index is 0.0254. The summed E-state index contributed by atoms with van der Waals surface area (Å²) in [4.78, 5) is 14.4. The molecular weight excluding hydrogens is 631 g/mol. The van der Waals surface area contributed by atoms with Crippen LogP contribution in [0.4, 0.5) is 26.7 Å². The van der Waals surface area contributed by atoms with Gasteiger partial charge in [0.2, 0.25) is 0 Å². The second-order valence-electron chi connectivity index (χ2n) is 13.7. The summed E-state index contributed by atoms with van der Waals surface area (Å²) >= 11 is 0. The number of rotatable bonds is 15. The van der Waals surface area contributed by atoms with Gasteiger partial charge in [0.15, 0.2) is 0 Å². The van der Waals surface area contributed by atoms with Crippen molar-refractivity contribution < 1.29 is 45.5 Å². The summed E-state index contributed by atoms with van der Waals surface area (Å²) < 4.78 is 88.4. The van der Waals surface area contributed by atoms with Crippen LogP contribution in [0.1, 0.15) is 75.3 Å². The third kappa shape index (κ3) is 8.79. The number of fused-ring (bicyclic) bond motifs is 5. The first kappa shape index (κ1) is 37.0. The number of nitrogens with zero attached hydrogens (tertiary/aromatic N) is 1. The maximum atomic E-state index is 13.3. The lowest BCUT2D eigenvalue weighted by Gasteiger charge is -2.53. The number of alkyl halides is 5. The fourth-order valence-electron chi connectivity index (χ4n) is 8.26.